The highest BCUT2D eigenvalue weighted by Gasteiger charge is 2.27. The van der Waals surface area contributed by atoms with E-state index in [4.69, 9.17) is 10.5 Å². The van der Waals surface area contributed by atoms with Gasteiger partial charge in [0.05, 0.1) is 5.56 Å². The van der Waals surface area contributed by atoms with Crippen LogP contribution in [0.25, 0.3) is 0 Å². The number of carbonyl (C=O) groups is 1. The Morgan fingerprint density at radius 1 is 1.25 bits per heavy atom. The van der Waals surface area contributed by atoms with E-state index in [-0.39, 0.29) is 12.1 Å². The van der Waals surface area contributed by atoms with Gasteiger partial charge in [0, 0.05) is 0 Å². The Balaban J connectivity index is 2.01. The highest BCUT2D eigenvalue weighted by atomic mass is 16.5. The minimum atomic E-state index is -0.194. The van der Waals surface area contributed by atoms with Crippen molar-refractivity contribution in [2.24, 2.45) is 17.6 Å². The van der Waals surface area contributed by atoms with Crippen molar-refractivity contribution in [3.8, 4) is 0 Å². The molecule has 0 saturated heterocycles. The largest absolute Gasteiger partial charge is 0.459 e. The smallest absolute Gasteiger partial charge is 0.338 e. The van der Waals surface area contributed by atoms with Crippen LogP contribution >= 0.6 is 0 Å². The summed E-state index contributed by atoms with van der Waals surface area (Å²) in [6, 6.07) is 7.60. The first kappa shape index (κ1) is 15.0. The number of nitrogens with two attached hydrogens (primary N) is 1. The molecule has 1 fully saturated rings. The summed E-state index contributed by atoms with van der Waals surface area (Å²) in [5.74, 6) is 1.16. The van der Waals surface area contributed by atoms with E-state index in [0.717, 1.165) is 30.7 Å². The molecule has 110 valence electrons. The van der Waals surface area contributed by atoms with Gasteiger partial charge in [0.15, 0.2) is 0 Å². The summed E-state index contributed by atoms with van der Waals surface area (Å²) in [5.41, 5.74) is 7.25. The molecule has 0 amide bonds. The first-order chi connectivity index (χ1) is 9.61. The van der Waals surface area contributed by atoms with Crippen molar-refractivity contribution >= 4 is 5.97 Å². The maximum Gasteiger partial charge on any atom is 0.338 e. The molecule has 0 bridgehead atoms. The Hall–Kier alpha value is -1.35. The van der Waals surface area contributed by atoms with Crippen molar-refractivity contribution in [1.29, 1.82) is 0 Å². The molecule has 0 aliphatic heterocycles. The third-order valence-corrected chi connectivity index (χ3v) is 4.47. The molecule has 0 aromatic heterocycles. The molecule has 0 heterocycles. The van der Waals surface area contributed by atoms with Crippen molar-refractivity contribution in [3.63, 3.8) is 0 Å². The van der Waals surface area contributed by atoms with Crippen LogP contribution in [-0.2, 0) is 11.2 Å². The van der Waals surface area contributed by atoms with Crippen LogP contribution in [0.5, 0.6) is 0 Å². The molecule has 1 aliphatic carbocycles. The molecule has 1 aromatic rings. The predicted molar refractivity (Wildman–Crippen MR) is 80.6 cm³/mol. The van der Waals surface area contributed by atoms with E-state index in [1.54, 1.807) is 0 Å². The van der Waals surface area contributed by atoms with Gasteiger partial charge in [-0.1, -0.05) is 32.0 Å². The Kier molecular flexibility index (Phi) is 5.18. The second-order valence-electron chi connectivity index (χ2n) is 5.99. The maximum atomic E-state index is 12.3. The van der Waals surface area contributed by atoms with E-state index in [0.29, 0.717) is 24.4 Å². The second kappa shape index (κ2) is 6.89. The van der Waals surface area contributed by atoms with Crippen LogP contribution in [0, 0.1) is 11.8 Å². The standard InChI is InChI=1S/C17H25NO2/c1-12-7-8-15(11-13(12)2)20-17(19)16-6-4-3-5-14(16)9-10-18/h3-6,12-13,15H,7-11,18H2,1-2H3. The van der Waals surface area contributed by atoms with Crippen LogP contribution in [0.3, 0.4) is 0 Å². The van der Waals surface area contributed by atoms with Crippen molar-refractivity contribution in [1.82, 2.24) is 0 Å². The Morgan fingerprint density at radius 3 is 2.70 bits per heavy atom. The highest BCUT2D eigenvalue weighted by Crippen LogP contribution is 2.31. The van der Waals surface area contributed by atoms with E-state index in [1.807, 2.05) is 24.3 Å². The fourth-order valence-corrected chi connectivity index (χ4v) is 2.91. The summed E-state index contributed by atoms with van der Waals surface area (Å²) >= 11 is 0. The molecule has 3 heteroatoms. The third kappa shape index (κ3) is 3.60. The highest BCUT2D eigenvalue weighted by molar-refractivity contribution is 5.91. The molecule has 2 rings (SSSR count). The van der Waals surface area contributed by atoms with E-state index in [1.165, 1.54) is 0 Å². The lowest BCUT2D eigenvalue weighted by atomic mass is 9.80. The lowest BCUT2D eigenvalue weighted by molar-refractivity contribution is 0.00868. The van der Waals surface area contributed by atoms with E-state index in [2.05, 4.69) is 13.8 Å². The van der Waals surface area contributed by atoms with Gasteiger partial charge in [0.2, 0.25) is 0 Å². The Labute approximate surface area is 121 Å². The van der Waals surface area contributed by atoms with Crippen LogP contribution in [0.1, 0.15) is 49.0 Å². The minimum absolute atomic E-state index is 0.0691. The normalized spacial score (nSPS) is 26.2. The Morgan fingerprint density at radius 2 is 2.00 bits per heavy atom. The van der Waals surface area contributed by atoms with Crippen molar-refractivity contribution < 1.29 is 9.53 Å². The van der Waals surface area contributed by atoms with Gasteiger partial charge in [-0.2, -0.15) is 0 Å². The number of benzene rings is 1. The van der Waals surface area contributed by atoms with Gasteiger partial charge in [0.25, 0.3) is 0 Å². The van der Waals surface area contributed by atoms with Crippen LogP contribution in [0.4, 0.5) is 0 Å². The molecule has 3 atom stereocenters. The van der Waals surface area contributed by atoms with Crippen LogP contribution in [0.15, 0.2) is 24.3 Å². The molecule has 1 aliphatic rings. The zero-order valence-corrected chi connectivity index (χ0v) is 12.5. The molecule has 2 N–H and O–H groups in total. The summed E-state index contributed by atoms with van der Waals surface area (Å²) in [4.78, 5) is 12.3. The first-order valence-corrected chi connectivity index (χ1v) is 7.60. The van der Waals surface area contributed by atoms with E-state index >= 15 is 0 Å². The van der Waals surface area contributed by atoms with Crippen LogP contribution < -0.4 is 5.73 Å². The average Bonchev–Trinajstić information content (AvgIpc) is 2.44. The van der Waals surface area contributed by atoms with Gasteiger partial charge < -0.3 is 10.5 Å². The number of hydrogen-bond acceptors (Lipinski definition) is 3. The lowest BCUT2D eigenvalue weighted by Crippen LogP contribution is -2.29. The van der Waals surface area contributed by atoms with Gasteiger partial charge in [-0.15, -0.1) is 0 Å². The lowest BCUT2D eigenvalue weighted by Gasteiger charge is -2.31. The fraction of sp³-hybridized carbons (Fsp3) is 0.588. The summed E-state index contributed by atoms with van der Waals surface area (Å²) < 4.78 is 5.70. The summed E-state index contributed by atoms with van der Waals surface area (Å²) in [5, 5.41) is 0. The number of rotatable bonds is 4. The first-order valence-electron chi connectivity index (χ1n) is 7.60. The number of ether oxygens (including phenoxy) is 1. The fourth-order valence-electron chi connectivity index (χ4n) is 2.91. The zero-order valence-electron chi connectivity index (χ0n) is 12.5. The number of hydrogen-bond donors (Lipinski definition) is 1. The second-order valence-corrected chi connectivity index (χ2v) is 5.99. The van der Waals surface area contributed by atoms with E-state index < -0.39 is 0 Å². The molecular formula is C17H25NO2. The van der Waals surface area contributed by atoms with Gasteiger partial charge in [0.1, 0.15) is 6.10 Å². The number of esters is 1. The third-order valence-electron chi connectivity index (χ3n) is 4.47. The minimum Gasteiger partial charge on any atom is -0.459 e. The summed E-state index contributed by atoms with van der Waals surface area (Å²) in [6.45, 7) is 5.06. The topological polar surface area (TPSA) is 52.3 Å². The quantitative estimate of drug-likeness (QED) is 0.859. The number of carbonyl (C=O) groups excluding carboxylic acids is 1. The van der Waals surface area contributed by atoms with Gasteiger partial charge in [-0.25, -0.2) is 4.79 Å². The molecule has 0 spiro atoms. The molecule has 1 aromatic carbocycles. The molecule has 20 heavy (non-hydrogen) atoms. The van der Waals surface area contributed by atoms with Gasteiger partial charge in [-0.05, 0) is 55.7 Å². The molecule has 1 saturated carbocycles. The van der Waals surface area contributed by atoms with Crippen LogP contribution in [-0.4, -0.2) is 18.6 Å². The summed E-state index contributed by atoms with van der Waals surface area (Å²) in [7, 11) is 0. The van der Waals surface area contributed by atoms with Crippen molar-refractivity contribution in [3.05, 3.63) is 35.4 Å². The van der Waals surface area contributed by atoms with E-state index in [9.17, 15) is 4.79 Å². The van der Waals surface area contributed by atoms with Crippen LogP contribution in [0.2, 0.25) is 0 Å². The zero-order chi connectivity index (χ0) is 14.5. The predicted octanol–water partition coefficient (Wildman–Crippen LogP) is 3.17. The molecule has 3 unspecified atom stereocenters. The molecule has 3 nitrogen and oxygen atoms in total. The van der Waals surface area contributed by atoms with Gasteiger partial charge in [-0.3, -0.25) is 0 Å². The molecule has 0 radical (unpaired) electrons. The Bertz CT molecular complexity index is 458. The maximum absolute atomic E-state index is 12.3. The monoisotopic (exact) mass is 275 g/mol. The molecular weight excluding hydrogens is 250 g/mol. The average molecular weight is 275 g/mol. The SMILES string of the molecule is CC1CCC(OC(=O)c2ccccc2CCN)CC1C. The van der Waals surface area contributed by atoms with Crippen molar-refractivity contribution in [2.75, 3.05) is 6.54 Å². The van der Waals surface area contributed by atoms with Gasteiger partial charge >= 0.3 is 5.97 Å². The summed E-state index contributed by atoms with van der Waals surface area (Å²) in [6.07, 6.45) is 3.88. The van der Waals surface area contributed by atoms with Crippen molar-refractivity contribution in [2.45, 2.75) is 45.6 Å².